The number of aromatic nitrogens is 2. The van der Waals surface area contributed by atoms with Crippen molar-refractivity contribution >= 4 is 23.7 Å². The van der Waals surface area contributed by atoms with Crippen LogP contribution in [0.5, 0.6) is 0 Å². The zero-order chi connectivity index (χ0) is 21.0. The summed E-state index contributed by atoms with van der Waals surface area (Å²) < 4.78 is 1.04. The third-order valence-electron chi connectivity index (χ3n) is 4.17. The number of hydrogen-bond acceptors (Lipinski definition) is 5. The summed E-state index contributed by atoms with van der Waals surface area (Å²) in [5.41, 5.74) is 3.91. The highest BCUT2D eigenvalue weighted by Crippen LogP contribution is 2.12. The fraction of sp³-hybridized carbons (Fsp3) is 0.0952. The van der Waals surface area contributed by atoms with Crippen LogP contribution in [0.25, 0.3) is 5.69 Å². The Hall–Kier alpha value is -3.76. The van der Waals surface area contributed by atoms with Gasteiger partial charge in [0.25, 0.3) is 11.5 Å². The first-order valence-corrected chi connectivity index (χ1v) is 8.98. The van der Waals surface area contributed by atoms with E-state index in [1.165, 1.54) is 13.1 Å². The molecule has 1 aromatic heterocycles. The van der Waals surface area contributed by atoms with Crippen LogP contribution in [-0.2, 0) is 0 Å². The molecule has 1 N–H and O–H groups in total. The molecule has 1 amide bonds. The van der Waals surface area contributed by atoms with E-state index in [2.05, 4.69) is 15.6 Å². The molecule has 3 aromatic rings. The molecule has 7 nitrogen and oxygen atoms in total. The standard InChI is InChI=1S/C21H16ClN5O2/c1-13-6-8-17(9-7-13)27-21(29)18(11-23)14(2)19(26-27)20(28)25-24-12-15-4-3-5-16(22)10-15/h3-10,12H,1-2H3,(H,25,28)/b24-12+. The van der Waals surface area contributed by atoms with E-state index in [1.54, 1.807) is 36.4 Å². The van der Waals surface area contributed by atoms with E-state index in [0.29, 0.717) is 16.3 Å². The molecule has 0 unspecified atom stereocenters. The van der Waals surface area contributed by atoms with E-state index in [0.717, 1.165) is 10.2 Å². The van der Waals surface area contributed by atoms with Crippen molar-refractivity contribution in [2.45, 2.75) is 13.8 Å². The highest BCUT2D eigenvalue weighted by molar-refractivity contribution is 6.30. The molecule has 144 valence electrons. The van der Waals surface area contributed by atoms with Crippen molar-refractivity contribution in [3.05, 3.63) is 91.9 Å². The number of halogens is 1. The van der Waals surface area contributed by atoms with E-state index < -0.39 is 11.5 Å². The summed E-state index contributed by atoms with van der Waals surface area (Å²) in [7, 11) is 0. The summed E-state index contributed by atoms with van der Waals surface area (Å²) in [6.45, 7) is 3.41. The molecule has 8 heteroatoms. The minimum absolute atomic E-state index is 0.0648. The van der Waals surface area contributed by atoms with Crippen molar-refractivity contribution in [1.29, 1.82) is 5.26 Å². The first-order chi connectivity index (χ1) is 13.9. The molecule has 1 heterocycles. The van der Waals surface area contributed by atoms with Gasteiger partial charge in [-0.2, -0.15) is 20.1 Å². The van der Waals surface area contributed by atoms with Crippen molar-refractivity contribution in [2.24, 2.45) is 5.10 Å². The van der Waals surface area contributed by atoms with Gasteiger partial charge in [0.2, 0.25) is 0 Å². The summed E-state index contributed by atoms with van der Waals surface area (Å²) in [5.74, 6) is -0.641. The van der Waals surface area contributed by atoms with Crippen molar-refractivity contribution in [3.63, 3.8) is 0 Å². The van der Waals surface area contributed by atoms with Crippen molar-refractivity contribution in [3.8, 4) is 11.8 Å². The fourth-order valence-electron chi connectivity index (χ4n) is 2.62. The Bertz CT molecular complexity index is 1210. The van der Waals surface area contributed by atoms with Crippen molar-refractivity contribution in [2.75, 3.05) is 0 Å². The lowest BCUT2D eigenvalue weighted by Crippen LogP contribution is -2.31. The van der Waals surface area contributed by atoms with Gasteiger partial charge in [-0.05, 0) is 43.7 Å². The van der Waals surface area contributed by atoms with Gasteiger partial charge in [-0.1, -0.05) is 41.4 Å². The van der Waals surface area contributed by atoms with Crippen LogP contribution < -0.4 is 11.0 Å². The summed E-state index contributed by atoms with van der Waals surface area (Å²) in [5, 5.41) is 18.0. The van der Waals surface area contributed by atoms with E-state index in [4.69, 9.17) is 11.6 Å². The van der Waals surface area contributed by atoms with Crippen LogP contribution in [0.4, 0.5) is 0 Å². The molecule has 29 heavy (non-hydrogen) atoms. The quantitative estimate of drug-likeness (QED) is 0.532. The molecule has 0 aliphatic carbocycles. The number of amides is 1. The summed E-state index contributed by atoms with van der Waals surface area (Å²) in [6.07, 6.45) is 1.43. The van der Waals surface area contributed by atoms with E-state index >= 15 is 0 Å². The topological polar surface area (TPSA) is 100 Å². The predicted molar refractivity (Wildman–Crippen MR) is 111 cm³/mol. The number of rotatable bonds is 4. The zero-order valence-corrected chi connectivity index (χ0v) is 16.4. The number of carbonyl (C=O) groups excluding carboxylic acids is 1. The monoisotopic (exact) mass is 405 g/mol. The number of nitrogens with zero attached hydrogens (tertiary/aromatic N) is 4. The molecule has 0 spiro atoms. The fourth-order valence-corrected chi connectivity index (χ4v) is 2.82. The predicted octanol–water partition coefficient (Wildman–Crippen LogP) is 3.14. The maximum Gasteiger partial charge on any atom is 0.292 e. The second kappa shape index (κ2) is 8.50. The van der Waals surface area contributed by atoms with Gasteiger partial charge in [-0.15, -0.1) is 0 Å². The normalized spacial score (nSPS) is 10.7. The number of nitrogens with one attached hydrogen (secondary N) is 1. The molecule has 0 fully saturated rings. The Morgan fingerprint density at radius 2 is 1.97 bits per heavy atom. The lowest BCUT2D eigenvalue weighted by Gasteiger charge is -2.10. The first-order valence-electron chi connectivity index (χ1n) is 8.60. The highest BCUT2D eigenvalue weighted by atomic mass is 35.5. The Labute approximate surface area is 171 Å². The van der Waals surface area contributed by atoms with E-state index in [-0.39, 0.29) is 16.8 Å². The lowest BCUT2D eigenvalue weighted by molar-refractivity contribution is 0.0947. The summed E-state index contributed by atoms with van der Waals surface area (Å²) in [4.78, 5) is 25.2. The first kappa shape index (κ1) is 20.0. The smallest absolute Gasteiger partial charge is 0.266 e. The number of carbonyl (C=O) groups is 1. The number of nitriles is 1. The molecule has 0 saturated carbocycles. The van der Waals surface area contributed by atoms with Crippen LogP contribution in [0.2, 0.25) is 5.02 Å². The van der Waals surface area contributed by atoms with Crippen LogP contribution in [0.15, 0.2) is 58.4 Å². The number of aryl methyl sites for hydroxylation is 1. The van der Waals surface area contributed by atoms with Gasteiger partial charge in [0, 0.05) is 10.6 Å². The number of benzene rings is 2. The molecule has 0 aliphatic rings. The SMILES string of the molecule is Cc1ccc(-n2nc(C(=O)N/N=C/c3cccc(Cl)c3)c(C)c(C#N)c2=O)cc1. The van der Waals surface area contributed by atoms with Gasteiger partial charge in [-0.3, -0.25) is 9.59 Å². The van der Waals surface area contributed by atoms with Gasteiger partial charge >= 0.3 is 0 Å². The molecule has 0 bridgehead atoms. The van der Waals surface area contributed by atoms with Crippen molar-refractivity contribution < 1.29 is 4.79 Å². The van der Waals surface area contributed by atoms with Crippen LogP contribution in [0, 0.1) is 25.2 Å². The molecule has 0 saturated heterocycles. The van der Waals surface area contributed by atoms with Gasteiger partial charge in [-0.25, -0.2) is 5.43 Å². The minimum Gasteiger partial charge on any atom is -0.266 e. The van der Waals surface area contributed by atoms with Crippen LogP contribution in [0.1, 0.15) is 32.7 Å². The Morgan fingerprint density at radius 1 is 1.24 bits per heavy atom. The summed E-state index contributed by atoms with van der Waals surface area (Å²) in [6, 6.07) is 15.8. The van der Waals surface area contributed by atoms with E-state index in [9.17, 15) is 14.9 Å². The molecule has 0 aliphatic heterocycles. The second-order valence-corrected chi connectivity index (χ2v) is 6.70. The average molecular weight is 406 g/mol. The van der Waals surface area contributed by atoms with Gasteiger partial charge in [0.05, 0.1) is 11.9 Å². The van der Waals surface area contributed by atoms with Gasteiger partial charge in [0.1, 0.15) is 11.6 Å². The Kier molecular flexibility index (Phi) is 5.86. The third kappa shape index (κ3) is 4.39. The Morgan fingerprint density at radius 3 is 2.62 bits per heavy atom. The maximum absolute atomic E-state index is 12.6. The largest absolute Gasteiger partial charge is 0.292 e. The molecule has 0 atom stereocenters. The third-order valence-corrected chi connectivity index (χ3v) is 4.41. The van der Waals surface area contributed by atoms with E-state index in [1.807, 2.05) is 25.1 Å². The molecule has 3 rings (SSSR count). The molecule has 0 radical (unpaired) electrons. The van der Waals surface area contributed by atoms with Gasteiger partial charge in [0.15, 0.2) is 5.69 Å². The van der Waals surface area contributed by atoms with Crippen LogP contribution >= 0.6 is 11.6 Å². The molecule has 2 aromatic carbocycles. The molecular weight excluding hydrogens is 390 g/mol. The average Bonchev–Trinajstić information content (AvgIpc) is 2.69. The van der Waals surface area contributed by atoms with Crippen molar-refractivity contribution in [1.82, 2.24) is 15.2 Å². The van der Waals surface area contributed by atoms with Crippen LogP contribution in [-0.4, -0.2) is 21.9 Å². The maximum atomic E-state index is 12.6. The summed E-state index contributed by atoms with van der Waals surface area (Å²) >= 11 is 5.91. The highest BCUT2D eigenvalue weighted by Gasteiger charge is 2.20. The molecular formula is C21H16ClN5O2. The minimum atomic E-state index is -0.641. The van der Waals surface area contributed by atoms with Gasteiger partial charge < -0.3 is 0 Å². The number of hydrogen-bond donors (Lipinski definition) is 1. The zero-order valence-electron chi connectivity index (χ0n) is 15.7. The number of hydrazone groups is 1. The Balaban J connectivity index is 1.96. The van der Waals surface area contributed by atoms with Crippen LogP contribution in [0.3, 0.4) is 0 Å². The lowest BCUT2D eigenvalue weighted by atomic mass is 10.1. The second-order valence-electron chi connectivity index (χ2n) is 6.27.